The molecule has 6 rings (SSSR count). The lowest BCUT2D eigenvalue weighted by molar-refractivity contribution is 0.532. The van der Waals surface area contributed by atoms with Gasteiger partial charge in [-0.05, 0) is 39.1 Å². The van der Waals surface area contributed by atoms with Crippen molar-refractivity contribution in [2.45, 2.75) is 19.5 Å². The molecule has 0 saturated heterocycles. The molecule has 0 bridgehead atoms. The Labute approximate surface area is 180 Å². The Bertz CT molecular complexity index is 1410. The summed E-state index contributed by atoms with van der Waals surface area (Å²) in [5, 5.41) is 2.25. The first-order valence-electron chi connectivity index (χ1n) is 10.4. The molecule has 6 nitrogen and oxygen atoms in total. The number of anilines is 3. The van der Waals surface area contributed by atoms with Crippen LogP contribution in [0.5, 0.6) is 0 Å². The highest BCUT2D eigenvalue weighted by atomic mass is 16.3. The van der Waals surface area contributed by atoms with Gasteiger partial charge in [0.25, 0.3) is 0 Å². The second kappa shape index (κ2) is 6.38. The second-order valence-electron chi connectivity index (χ2n) is 8.49. The number of aromatic nitrogens is 2. The zero-order chi connectivity index (χ0) is 21.2. The third-order valence-electron chi connectivity index (χ3n) is 6.23. The van der Waals surface area contributed by atoms with E-state index in [0.29, 0.717) is 0 Å². The topological polar surface area (TPSA) is 48.6 Å². The maximum absolute atomic E-state index is 6.10. The minimum atomic E-state index is -0.397. The molecule has 2 aromatic carbocycles. The molecule has 4 aromatic rings. The van der Waals surface area contributed by atoms with Gasteiger partial charge < -0.3 is 18.9 Å². The molecule has 4 heterocycles. The van der Waals surface area contributed by atoms with Gasteiger partial charge in [-0.2, -0.15) is 0 Å². The molecule has 2 aliphatic heterocycles. The molecule has 0 atom stereocenters. The normalized spacial score (nSPS) is 16.7. The van der Waals surface area contributed by atoms with Crippen LogP contribution in [0, 0.1) is 0 Å². The Kier molecular flexibility index (Phi) is 3.72. The van der Waals surface area contributed by atoms with Crippen molar-refractivity contribution in [1.29, 1.82) is 0 Å². The number of rotatable bonds is 2. The molecule has 2 aromatic heterocycles. The number of furan rings is 1. The van der Waals surface area contributed by atoms with Gasteiger partial charge in [0.05, 0.1) is 0 Å². The van der Waals surface area contributed by atoms with Crippen LogP contribution in [0.3, 0.4) is 0 Å². The van der Waals surface area contributed by atoms with Gasteiger partial charge in [0.1, 0.15) is 16.7 Å². The number of hydrogen-bond donors (Lipinski definition) is 0. The number of nitrogens with zero attached hydrogens (tertiary/aromatic N) is 5. The van der Waals surface area contributed by atoms with Crippen molar-refractivity contribution in [1.82, 2.24) is 14.8 Å². The van der Waals surface area contributed by atoms with Crippen LogP contribution in [0.25, 0.3) is 23.1 Å². The molecule has 0 N–H and O–H groups in total. The molecule has 7 heteroatoms. The summed E-state index contributed by atoms with van der Waals surface area (Å²) >= 11 is 0. The van der Waals surface area contributed by atoms with Crippen LogP contribution in [0.2, 0.25) is 0 Å². The van der Waals surface area contributed by atoms with E-state index in [9.17, 15) is 0 Å². The average Bonchev–Trinajstić information content (AvgIpc) is 3.24. The summed E-state index contributed by atoms with van der Waals surface area (Å²) in [7, 11) is 2.08. The first-order valence-corrected chi connectivity index (χ1v) is 10.4. The van der Waals surface area contributed by atoms with E-state index in [-0.39, 0.29) is 6.98 Å². The molecule has 0 aliphatic carbocycles. The second-order valence-corrected chi connectivity index (χ2v) is 8.49. The Morgan fingerprint density at radius 3 is 2.42 bits per heavy atom. The first kappa shape index (κ1) is 18.1. The Morgan fingerprint density at radius 1 is 0.903 bits per heavy atom. The third kappa shape index (κ3) is 2.52. The predicted octanol–water partition coefficient (Wildman–Crippen LogP) is 3.11. The van der Waals surface area contributed by atoms with Crippen molar-refractivity contribution in [3.63, 3.8) is 0 Å². The van der Waals surface area contributed by atoms with E-state index in [1.165, 1.54) is 0 Å². The van der Waals surface area contributed by atoms with Crippen LogP contribution in [-0.2, 0) is 0 Å². The Hall–Kier alpha value is -3.74. The largest absolute Gasteiger partial charge is 0.455 e. The lowest BCUT2D eigenvalue weighted by Crippen LogP contribution is -2.62. The van der Waals surface area contributed by atoms with E-state index < -0.39 is 5.66 Å². The van der Waals surface area contributed by atoms with Crippen molar-refractivity contribution in [2.75, 3.05) is 16.8 Å². The fourth-order valence-corrected chi connectivity index (χ4v) is 4.88. The summed E-state index contributed by atoms with van der Waals surface area (Å²) in [4.78, 5) is 16.3. The van der Waals surface area contributed by atoms with Crippen molar-refractivity contribution in [3.8, 4) is 0 Å². The smallest absolute Gasteiger partial charge is 0.407 e. The molecule has 0 spiro atoms. The maximum Gasteiger partial charge on any atom is 0.407 e. The molecule has 0 radical (unpaired) electrons. The van der Waals surface area contributed by atoms with E-state index >= 15 is 0 Å². The molecular weight excluding hydrogens is 385 g/mol. The zero-order valence-corrected chi connectivity index (χ0v) is 17.7. The van der Waals surface area contributed by atoms with Gasteiger partial charge in [0.15, 0.2) is 11.6 Å². The summed E-state index contributed by atoms with van der Waals surface area (Å²) in [5.74, 6) is 4.01. The molecule has 0 unspecified atom stereocenters. The van der Waals surface area contributed by atoms with Gasteiger partial charge >= 0.3 is 6.98 Å². The lowest BCUT2D eigenvalue weighted by atomic mass is 9.68. The van der Waals surface area contributed by atoms with Gasteiger partial charge in [-0.3, -0.25) is 0 Å². The fourth-order valence-electron chi connectivity index (χ4n) is 4.88. The van der Waals surface area contributed by atoms with Crippen LogP contribution in [0.15, 0.2) is 71.4 Å². The first-order chi connectivity index (χ1) is 15.1. The molecule has 152 valence electrons. The third-order valence-corrected chi connectivity index (χ3v) is 6.23. The van der Waals surface area contributed by atoms with Gasteiger partial charge in [-0.25, -0.2) is 9.97 Å². The molecule has 0 saturated carbocycles. The number of para-hydroxylation sites is 2. The Balaban J connectivity index is 1.56. The zero-order valence-electron chi connectivity index (χ0n) is 17.7. The predicted molar refractivity (Wildman–Crippen MR) is 125 cm³/mol. The molecule has 31 heavy (non-hydrogen) atoms. The van der Waals surface area contributed by atoms with E-state index in [1.807, 2.05) is 18.2 Å². The highest BCUT2D eigenvalue weighted by Gasteiger charge is 2.50. The van der Waals surface area contributed by atoms with E-state index in [2.05, 4.69) is 84.0 Å². The summed E-state index contributed by atoms with van der Waals surface area (Å²) in [6.07, 6.45) is 5.61. The quantitative estimate of drug-likeness (QED) is 0.476. The minimum absolute atomic E-state index is 0.0485. The van der Waals surface area contributed by atoms with Crippen LogP contribution in [0.1, 0.15) is 13.8 Å². The minimum Gasteiger partial charge on any atom is -0.455 e. The SMILES string of the molecule is CN1C=c2oc3ccccc3c2=CB1N1c2nccnc2N(c2ccccc2)C1(C)C. The summed E-state index contributed by atoms with van der Waals surface area (Å²) in [5.41, 5.74) is 2.48. The average molecular weight is 407 g/mol. The highest BCUT2D eigenvalue weighted by molar-refractivity contribution is 6.75. The van der Waals surface area contributed by atoms with Crippen LogP contribution < -0.4 is 20.3 Å². The Morgan fingerprint density at radius 2 is 1.61 bits per heavy atom. The molecule has 0 amide bonds. The number of fused-ring (bicyclic) bond motifs is 4. The van der Waals surface area contributed by atoms with Crippen molar-refractivity contribution in [2.24, 2.45) is 0 Å². The summed E-state index contributed by atoms with van der Waals surface area (Å²) in [6.45, 7) is 4.38. The molecule has 0 fully saturated rings. The summed E-state index contributed by atoms with van der Waals surface area (Å²) < 4.78 is 6.10. The van der Waals surface area contributed by atoms with Crippen molar-refractivity contribution < 1.29 is 4.42 Å². The van der Waals surface area contributed by atoms with Crippen LogP contribution in [0.4, 0.5) is 17.3 Å². The summed E-state index contributed by atoms with van der Waals surface area (Å²) in [6, 6.07) is 18.6. The van der Waals surface area contributed by atoms with Gasteiger partial charge in [-0.1, -0.05) is 42.4 Å². The van der Waals surface area contributed by atoms with E-state index in [4.69, 9.17) is 14.4 Å². The number of benzene rings is 2. The maximum atomic E-state index is 6.10. The van der Waals surface area contributed by atoms with Gasteiger partial charge in [0, 0.05) is 34.9 Å². The van der Waals surface area contributed by atoms with Gasteiger partial charge in [0.2, 0.25) is 0 Å². The van der Waals surface area contributed by atoms with Crippen molar-refractivity contribution in [3.05, 3.63) is 77.6 Å². The van der Waals surface area contributed by atoms with Crippen LogP contribution in [-0.4, -0.2) is 34.5 Å². The van der Waals surface area contributed by atoms with Crippen molar-refractivity contribution >= 4 is 47.5 Å². The van der Waals surface area contributed by atoms with E-state index in [1.54, 1.807) is 12.4 Å². The fraction of sp³-hybridized carbons (Fsp3) is 0.167. The monoisotopic (exact) mass is 407 g/mol. The molecule has 2 aliphatic rings. The van der Waals surface area contributed by atoms with E-state index in [0.717, 1.165) is 38.9 Å². The standard InChI is InChI=1S/C24H22BN5O/c1-24(2)29(17-9-5-4-6-10-17)22-23(27-14-13-26-22)30(24)25-15-19-18-11-7-8-12-20(18)31-21(19)16-28(25)3/h4-16H,1-3H3. The number of hydrogen-bond acceptors (Lipinski definition) is 6. The highest BCUT2D eigenvalue weighted by Crippen LogP contribution is 2.47. The lowest BCUT2D eigenvalue weighted by Gasteiger charge is -2.44. The van der Waals surface area contributed by atoms with Crippen LogP contribution >= 0.6 is 0 Å². The van der Waals surface area contributed by atoms with Gasteiger partial charge in [-0.15, -0.1) is 0 Å². The molecular formula is C24H22BN5O.